The first-order chi connectivity index (χ1) is 30.9. The standard InChI is InChI=1S/C10H19NO.C9H15NO.C9H17NO.C9H17N.C8H15NO.C6H13N.2C2H6/c1-10(2,3)8-4-11(5-8)9-6-12-7-9;1-6-8-2-10(3-9(6)8)7-4-11-5-7;1-7-8-5-10(3-2-4-11)6-9(7)8;1-9(2,3)10-5-7-4-8(7)6-10;1-6(2)9-4-8-3-7(9)5-10-8;1-6(2)7-4-3-5-7;2*1-2/h8-9H,4-7H2,1-3H3;6-9H,2-5H2,1H3;7-9,11H,2-6H2,1H3;7-8H,4-6H2,1-3H3;6-8H,3-5H2,1-2H3;6H,3-5H2,1-2H3;2*1-2H3/t;6?,8-,9?;7?,8-,9?;;7-,8?;;;/m.00.0.../s1. The van der Waals surface area contributed by atoms with Crippen molar-refractivity contribution in [3.8, 4) is 0 Å². The van der Waals surface area contributed by atoms with Gasteiger partial charge in [-0.2, -0.15) is 0 Å². The van der Waals surface area contributed by atoms with Crippen LogP contribution in [0.1, 0.15) is 136 Å². The molecule has 10 nitrogen and oxygen atoms in total. The van der Waals surface area contributed by atoms with Crippen LogP contribution in [0.3, 0.4) is 0 Å². The van der Waals surface area contributed by atoms with Gasteiger partial charge in [-0.15, -0.1) is 0 Å². The maximum absolute atomic E-state index is 8.63. The second kappa shape index (κ2) is 25.1. The quantitative estimate of drug-likeness (QED) is 0.270. The molecule has 12 aliphatic rings. The molecule has 12 fully saturated rings. The largest absolute Gasteiger partial charge is 0.396 e. The molecule has 9 saturated heterocycles. The Morgan fingerprint density at radius 1 is 0.585 bits per heavy atom. The number of nitrogens with zero attached hydrogens (tertiary/aromatic N) is 6. The summed E-state index contributed by atoms with van der Waals surface area (Å²) in [5.41, 5.74) is 0.925. The minimum atomic E-state index is 0.349. The van der Waals surface area contributed by atoms with E-state index in [2.05, 4.69) is 112 Å². The molecule has 3 aliphatic carbocycles. The van der Waals surface area contributed by atoms with Crippen molar-refractivity contribution in [3.63, 3.8) is 0 Å². The lowest BCUT2D eigenvalue weighted by molar-refractivity contribution is -0.117. The van der Waals surface area contributed by atoms with Crippen molar-refractivity contribution >= 4 is 0 Å². The van der Waals surface area contributed by atoms with Gasteiger partial charge >= 0.3 is 0 Å². The molecule has 0 aromatic rings. The molecule has 0 amide bonds. The van der Waals surface area contributed by atoms with E-state index in [-0.39, 0.29) is 0 Å². The number of likely N-dealkylation sites (tertiary alicyclic amines) is 6. The van der Waals surface area contributed by atoms with Crippen LogP contribution in [-0.4, -0.2) is 195 Å². The van der Waals surface area contributed by atoms with Crippen LogP contribution < -0.4 is 0 Å². The molecule has 10 heteroatoms. The maximum Gasteiger partial charge on any atom is 0.0718 e. The van der Waals surface area contributed by atoms with Gasteiger partial charge in [-0.05, 0) is 146 Å². The molecule has 9 aliphatic heterocycles. The Morgan fingerprint density at radius 3 is 1.37 bits per heavy atom. The van der Waals surface area contributed by atoms with Gasteiger partial charge in [0.05, 0.1) is 51.2 Å². The molecule has 12 rings (SSSR count). The average molecular weight is 918 g/mol. The van der Waals surface area contributed by atoms with Crippen LogP contribution in [-0.2, 0) is 14.2 Å². The van der Waals surface area contributed by atoms with Crippen LogP contribution in [0.4, 0.5) is 0 Å². The zero-order chi connectivity index (χ0) is 47.8. The SMILES string of the molecule is CC.CC.CC(C)(C)C1CN(C2COC2)C1.CC(C)(C)N1CC2CC2C1.CC(C)N1CC2C[C@H]1CO2.CC(C)N1CCC1.CC1C2CN(C3COC3)C[C@@H]12.CC1C2CN(CCCO)C[C@@H]12. The summed E-state index contributed by atoms with van der Waals surface area (Å²) in [6, 6.07) is 3.77. The van der Waals surface area contributed by atoms with E-state index in [4.69, 9.17) is 19.3 Å². The number of piperidine rings is 3. The van der Waals surface area contributed by atoms with Crippen LogP contribution in [0.5, 0.6) is 0 Å². The third kappa shape index (κ3) is 15.5. The zero-order valence-corrected chi connectivity index (χ0v) is 45.6. The van der Waals surface area contributed by atoms with Crippen LogP contribution in [0.2, 0.25) is 0 Å². The second-order valence-electron chi connectivity index (χ2n) is 24.5. The Hall–Kier alpha value is -0.400. The molecule has 382 valence electrons. The van der Waals surface area contributed by atoms with Gasteiger partial charge < -0.3 is 29.1 Å². The third-order valence-corrected chi connectivity index (χ3v) is 17.5. The predicted molar refractivity (Wildman–Crippen MR) is 273 cm³/mol. The summed E-state index contributed by atoms with van der Waals surface area (Å²) in [6.07, 6.45) is 5.73. The molecule has 9 heterocycles. The topological polar surface area (TPSA) is 67.4 Å². The highest BCUT2D eigenvalue weighted by atomic mass is 16.5. The van der Waals surface area contributed by atoms with Crippen molar-refractivity contribution in [3.05, 3.63) is 0 Å². The van der Waals surface area contributed by atoms with E-state index < -0.39 is 0 Å². The highest BCUT2D eigenvalue weighted by Gasteiger charge is 2.54. The number of hydrogen-bond donors (Lipinski definition) is 1. The number of morpholine rings is 1. The van der Waals surface area contributed by atoms with E-state index in [0.717, 1.165) is 123 Å². The van der Waals surface area contributed by atoms with E-state index in [1.54, 1.807) is 0 Å². The van der Waals surface area contributed by atoms with E-state index in [9.17, 15) is 0 Å². The van der Waals surface area contributed by atoms with Crippen molar-refractivity contribution < 1.29 is 19.3 Å². The normalized spacial score (nSPS) is 35.9. The van der Waals surface area contributed by atoms with Crippen molar-refractivity contribution in [2.75, 3.05) is 118 Å². The van der Waals surface area contributed by atoms with Gasteiger partial charge in [0.25, 0.3) is 0 Å². The first-order valence-electron chi connectivity index (χ1n) is 27.7. The number of aliphatic hydroxyl groups is 1. The first kappa shape index (κ1) is 55.5. The summed E-state index contributed by atoms with van der Waals surface area (Å²) in [6.45, 7) is 56.6. The molecule has 1 N–H and O–H groups in total. The Morgan fingerprint density at radius 2 is 1.08 bits per heavy atom. The number of rotatable bonds is 7. The van der Waals surface area contributed by atoms with Gasteiger partial charge in [0.1, 0.15) is 0 Å². The maximum atomic E-state index is 8.63. The Balaban J connectivity index is 0.000000145. The molecule has 3 saturated carbocycles. The van der Waals surface area contributed by atoms with Crippen molar-refractivity contribution in [1.82, 2.24) is 29.4 Å². The lowest BCUT2D eigenvalue weighted by atomic mass is 9.75. The summed E-state index contributed by atoms with van der Waals surface area (Å²) < 4.78 is 15.8. The fraction of sp³-hybridized carbons (Fsp3) is 1.00. The summed E-state index contributed by atoms with van der Waals surface area (Å²) in [5.74, 6) is 9.22. The molecule has 0 spiro atoms. The Labute approximate surface area is 402 Å². The van der Waals surface area contributed by atoms with Crippen molar-refractivity contribution in [2.45, 2.75) is 178 Å². The molecular formula is C55H108N6O4. The highest BCUT2D eigenvalue weighted by molar-refractivity contribution is 5.05. The molecule has 0 aromatic heterocycles. The van der Waals surface area contributed by atoms with Crippen LogP contribution in [0.15, 0.2) is 0 Å². The summed E-state index contributed by atoms with van der Waals surface area (Å²) in [7, 11) is 0. The van der Waals surface area contributed by atoms with Gasteiger partial charge in [-0.3, -0.25) is 19.6 Å². The molecule has 2 bridgehead atoms. The average Bonchev–Trinajstić information content (AvgIpc) is 3.79. The summed E-state index contributed by atoms with van der Waals surface area (Å²) in [5, 5.41) is 8.63. The van der Waals surface area contributed by atoms with Crippen LogP contribution >= 0.6 is 0 Å². The van der Waals surface area contributed by atoms with Crippen LogP contribution in [0.25, 0.3) is 0 Å². The van der Waals surface area contributed by atoms with E-state index >= 15 is 0 Å². The molecule has 0 radical (unpaired) electrons. The summed E-state index contributed by atoms with van der Waals surface area (Å²) in [4.78, 5) is 15.3. The monoisotopic (exact) mass is 917 g/mol. The molecule has 0 aromatic carbocycles. The number of aliphatic hydroxyl groups excluding tert-OH is 1. The van der Waals surface area contributed by atoms with Crippen molar-refractivity contribution in [2.24, 2.45) is 58.7 Å². The van der Waals surface area contributed by atoms with Gasteiger partial charge in [-0.1, -0.05) is 62.3 Å². The van der Waals surface area contributed by atoms with Gasteiger partial charge in [0, 0.05) is 95.7 Å². The number of fused-ring (bicyclic) bond motifs is 5. The fourth-order valence-electron chi connectivity index (χ4n) is 11.6. The van der Waals surface area contributed by atoms with E-state index in [1.165, 1.54) is 91.3 Å². The highest BCUT2D eigenvalue weighted by Crippen LogP contribution is 2.52. The van der Waals surface area contributed by atoms with E-state index in [1.807, 2.05) is 27.7 Å². The lowest BCUT2D eigenvalue weighted by Gasteiger charge is -2.51. The first-order valence-corrected chi connectivity index (χ1v) is 27.7. The fourth-order valence-corrected chi connectivity index (χ4v) is 11.6. The minimum absolute atomic E-state index is 0.349. The van der Waals surface area contributed by atoms with E-state index in [0.29, 0.717) is 29.7 Å². The van der Waals surface area contributed by atoms with Gasteiger partial charge in [0.2, 0.25) is 0 Å². The molecular weight excluding hydrogens is 809 g/mol. The van der Waals surface area contributed by atoms with Gasteiger partial charge in [-0.25, -0.2) is 0 Å². The Kier molecular flexibility index (Phi) is 21.5. The molecule has 7 unspecified atom stereocenters. The number of hydrogen-bond acceptors (Lipinski definition) is 10. The third-order valence-electron chi connectivity index (χ3n) is 17.5. The van der Waals surface area contributed by atoms with Gasteiger partial charge in [0.15, 0.2) is 0 Å². The predicted octanol–water partition coefficient (Wildman–Crippen LogP) is 8.27. The lowest BCUT2D eigenvalue weighted by Crippen LogP contribution is -2.61. The Bertz CT molecular complexity index is 1300. The zero-order valence-electron chi connectivity index (χ0n) is 45.6. The summed E-state index contributed by atoms with van der Waals surface area (Å²) >= 11 is 0. The second-order valence-corrected chi connectivity index (χ2v) is 24.5. The smallest absolute Gasteiger partial charge is 0.0718 e. The van der Waals surface area contributed by atoms with Crippen LogP contribution in [0, 0.1) is 58.7 Å². The van der Waals surface area contributed by atoms with Crippen molar-refractivity contribution in [1.29, 1.82) is 0 Å². The minimum Gasteiger partial charge on any atom is -0.396 e. The molecule has 65 heavy (non-hydrogen) atoms. The number of ether oxygens (including phenoxy) is 3. The molecule has 10 atom stereocenters.